The predicted molar refractivity (Wildman–Crippen MR) is 133 cm³/mol. The molecule has 178 valence electrons. The van der Waals surface area contributed by atoms with Gasteiger partial charge in [0.15, 0.2) is 11.5 Å². The molecule has 9 heteroatoms. The minimum absolute atomic E-state index is 0.192. The fraction of sp³-hybridized carbons (Fsp3) is 0.200. The molecule has 0 aliphatic heterocycles. The summed E-state index contributed by atoms with van der Waals surface area (Å²) in [5.41, 5.74) is 5.85. The molecular formula is C25H27N3O5S. The van der Waals surface area contributed by atoms with Gasteiger partial charge >= 0.3 is 0 Å². The summed E-state index contributed by atoms with van der Waals surface area (Å²) in [6, 6.07) is 19.3. The number of ether oxygens (including phenoxy) is 2. The molecule has 0 spiro atoms. The van der Waals surface area contributed by atoms with Crippen LogP contribution in [0.25, 0.3) is 0 Å². The van der Waals surface area contributed by atoms with Gasteiger partial charge in [-0.25, -0.2) is 13.8 Å². The van der Waals surface area contributed by atoms with Crippen molar-refractivity contribution >= 4 is 27.8 Å². The molecule has 0 fully saturated rings. The zero-order valence-electron chi connectivity index (χ0n) is 19.5. The number of nitrogens with zero attached hydrogens (tertiary/aromatic N) is 2. The number of rotatable bonds is 9. The number of sulfonamides is 1. The van der Waals surface area contributed by atoms with E-state index in [1.165, 1.54) is 24.7 Å². The Morgan fingerprint density at radius 2 is 1.68 bits per heavy atom. The molecular weight excluding hydrogens is 454 g/mol. The maximum absolute atomic E-state index is 12.5. The van der Waals surface area contributed by atoms with Crippen LogP contribution in [0.1, 0.15) is 27.0 Å². The van der Waals surface area contributed by atoms with E-state index in [4.69, 9.17) is 9.47 Å². The lowest BCUT2D eigenvalue weighted by atomic mass is 10.1. The second kappa shape index (κ2) is 10.8. The maximum atomic E-state index is 12.5. The van der Waals surface area contributed by atoms with Crippen molar-refractivity contribution in [3.63, 3.8) is 0 Å². The fourth-order valence-corrected chi connectivity index (χ4v) is 4.17. The van der Waals surface area contributed by atoms with Crippen LogP contribution in [-0.2, 0) is 16.6 Å². The van der Waals surface area contributed by atoms with Crippen LogP contribution in [0, 0.1) is 6.92 Å². The van der Waals surface area contributed by atoms with Crippen LogP contribution >= 0.6 is 0 Å². The molecule has 1 amide bonds. The number of amides is 1. The lowest BCUT2D eigenvalue weighted by Gasteiger charge is -2.22. The first-order valence-corrected chi connectivity index (χ1v) is 12.3. The summed E-state index contributed by atoms with van der Waals surface area (Å²) < 4.78 is 36.7. The second-order valence-corrected chi connectivity index (χ2v) is 9.49. The molecule has 1 N–H and O–H groups in total. The van der Waals surface area contributed by atoms with Crippen LogP contribution in [0.4, 0.5) is 5.69 Å². The number of carbonyl (C=O) groups excluding carboxylic acids is 1. The number of hydrogen-bond donors (Lipinski definition) is 1. The van der Waals surface area contributed by atoms with E-state index in [0.29, 0.717) is 28.3 Å². The summed E-state index contributed by atoms with van der Waals surface area (Å²) in [6.07, 6.45) is 2.62. The zero-order valence-corrected chi connectivity index (χ0v) is 20.3. The fourth-order valence-electron chi connectivity index (χ4n) is 3.28. The quantitative estimate of drug-likeness (QED) is 0.371. The standard InChI is InChI=1S/C25H27N3O5S/c1-18-8-10-19(11-9-18)17-28(34(4,30)31)22-14-12-20(13-15-22)25(29)27-26-16-21-6-5-7-23(32-2)24(21)33-3/h5-16H,17H2,1-4H3,(H,27,29)/b26-16-. The Balaban J connectivity index is 1.73. The van der Waals surface area contributed by atoms with Gasteiger partial charge in [-0.1, -0.05) is 35.9 Å². The first kappa shape index (κ1) is 24.8. The molecule has 0 unspecified atom stereocenters. The van der Waals surface area contributed by atoms with E-state index in [0.717, 1.165) is 17.4 Å². The number of benzene rings is 3. The summed E-state index contributed by atoms with van der Waals surface area (Å²) in [4.78, 5) is 12.5. The molecule has 0 atom stereocenters. The van der Waals surface area contributed by atoms with Crippen molar-refractivity contribution in [3.05, 3.63) is 89.0 Å². The first-order valence-electron chi connectivity index (χ1n) is 10.4. The minimum atomic E-state index is -3.53. The monoisotopic (exact) mass is 481 g/mol. The van der Waals surface area contributed by atoms with E-state index < -0.39 is 15.9 Å². The van der Waals surface area contributed by atoms with E-state index in [9.17, 15) is 13.2 Å². The summed E-state index contributed by atoms with van der Waals surface area (Å²) in [5, 5.41) is 4.00. The van der Waals surface area contributed by atoms with E-state index >= 15 is 0 Å². The highest BCUT2D eigenvalue weighted by atomic mass is 32.2. The van der Waals surface area contributed by atoms with Crippen LogP contribution in [0.3, 0.4) is 0 Å². The highest BCUT2D eigenvalue weighted by molar-refractivity contribution is 7.92. The van der Waals surface area contributed by atoms with Crippen LogP contribution in [-0.4, -0.2) is 41.0 Å². The number of hydrogen-bond acceptors (Lipinski definition) is 6. The Morgan fingerprint density at radius 1 is 1.00 bits per heavy atom. The Morgan fingerprint density at radius 3 is 2.26 bits per heavy atom. The normalized spacial score (nSPS) is 11.3. The van der Waals surface area contributed by atoms with Crippen molar-refractivity contribution in [2.45, 2.75) is 13.5 Å². The van der Waals surface area contributed by atoms with Gasteiger partial charge in [0.1, 0.15) is 0 Å². The number of aryl methyl sites for hydroxylation is 1. The first-order chi connectivity index (χ1) is 16.2. The zero-order chi connectivity index (χ0) is 24.7. The molecule has 3 aromatic rings. The van der Waals surface area contributed by atoms with Crippen molar-refractivity contribution in [1.82, 2.24) is 5.43 Å². The Kier molecular flexibility index (Phi) is 7.91. The Labute approximate surface area is 199 Å². The van der Waals surface area contributed by atoms with Crippen LogP contribution in [0.2, 0.25) is 0 Å². The smallest absolute Gasteiger partial charge is 0.271 e. The number of anilines is 1. The van der Waals surface area contributed by atoms with E-state index in [2.05, 4.69) is 10.5 Å². The molecule has 0 saturated carbocycles. The molecule has 0 radical (unpaired) electrons. The number of methoxy groups -OCH3 is 2. The van der Waals surface area contributed by atoms with E-state index in [1.807, 2.05) is 31.2 Å². The van der Waals surface area contributed by atoms with Crippen molar-refractivity contribution in [1.29, 1.82) is 0 Å². The molecule has 0 heterocycles. The molecule has 8 nitrogen and oxygen atoms in total. The average Bonchev–Trinajstić information content (AvgIpc) is 2.82. The van der Waals surface area contributed by atoms with Gasteiger partial charge in [0.2, 0.25) is 10.0 Å². The Bertz CT molecular complexity index is 1270. The van der Waals surface area contributed by atoms with Gasteiger partial charge in [0, 0.05) is 11.1 Å². The lowest BCUT2D eigenvalue weighted by molar-refractivity contribution is 0.0955. The lowest BCUT2D eigenvalue weighted by Crippen LogP contribution is -2.29. The highest BCUT2D eigenvalue weighted by Gasteiger charge is 2.18. The third-order valence-electron chi connectivity index (χ3n) is 5.07. The Hall–Kier alpha value is -3.85. The maximum Gasteiger partial charge on any atom is 0.271 e. The molecule has 3 rings (SSSR count). The number of carbonyl (C=O) groups is 1. The van der Waals surface area contributed by atoms with E-state index in [1.54, 1.807) is 42.5 Å². The highest BCUT2D eigenvalue weighted by Crippen LogP contribution is 2.29. The van der Waals surface area contributed by atoms with Gasteiger partial charge in [0.05, 0.1) is 38.9 Å². The third-order valence-corrected chi connectivity index (χ3v) is 6.21. The third kappa shape index (κ3) is 6.14. The summed E-state index contributed by atoms with van der Waals surface area (Å²) in [5.74, 6) is 0.616. The van der Waals surface area contributed by atoms with E-state index in [-0.39, 0.29) is 6.54 Å². The number of nitrogens with one attached hydrogen (secondary N) is 1. The molecule has 0 bridgehead atoms. The largest absolute Gasteiger partial charge is 0.493 e. The van der Waals surface area contributed by atoms with Gasteiger partial charge in [-0.15, -0.1) is 0 Å². The SMILES string of the molecule is COc1cccc(/C=N\NC(=O)c2ccc(N(Cc3ccc(C)cc3)S(C)(=O)=O)cc2)c1OC. The molecule has 0 aliphatic rings. The molecule has 34 heavy (non-hydrogen) atoms. The minimum Gasteiger partial charge on any atom is -0.493 e. The van der Waals surface area contributed by atoms with Crippen molar-refractivity contribution < 1.29 is 22.7 Å². The summed E-state index contributed by atoms with van der Waals surface area (Å²) >= 11 is 0. The van der Waals surface area contributed by atoms with Gasteiger partial charge in [0.25, 0.3) is 5.91 Å². The second-order valence-electron chi connectivity index (χ2n) is 7.58. The number of hydrazone groups is 1. The van der Waals surface area contributed by atoms with Gasteiger partial charge < -0.3 is 9.47 Å². The number of para-hydroxylation sites is 1. The van der Waals surface area contributed by atoms with Gasteiger partial charge in [-0.05, 0) is 48.9 Å². The van der Waals surface area contributed by atoms with Crippen molar-refractivity contribution in [2.24, 2.45) is 5.10 Å². The predicted octanol–water partition coefficient (Wildman–Crippen LogP) is 3.74. The van der Waals surface area contributed by atoms with Crippen LogP contribution in [0.15, 0.2) is 71.8 Å². The van der Waals surface area contributed by atoms with Gasteiger partial charge in [-0.3, -0.25) is 9.10 Å². The van der Waals surface area contributed by atoms with Crippen LogP contribution < -0.4 is 19.2 Å². The summed E-state index contributed by atoms with van der Waals surface area (Å²) in [7, 11) is -0.470. The molecule has 0 aliphatic carbocycles. The van der Waals surface area contributed by atoms with Crippen LogP contribution in [0.5, 0.6) is 11.5 Å². The van der Waals surface area contributed by atoms with Gasteiger partial charge in [-0.2, -0.15) is 5.10 Å². The van der Waals surface area contributed by atoms with Crippen molar-refractivity contribution in [3.8, 4) is 11.5 Å². The molecule has 0 aromatic heterocycles. The molecule has 3 aromatic carbocycles. The summed E-state index contributed by atoms with van der Waals surface area (Å²) in [6.45, 7) is 2.16. The van der Waals surface area contributed by atoms with Crippen molar-refractivity contribution in [2.75, 3.05) is 24.8 Å². The average molecular weight is 482 g/mol. The topological polar surface area (TPSA) is 97.3 Å². The molecule has 0 saturated heterocycles.